The molecule has 0 bridgehead atoms. The second kappa shape index (κ2) is 4.22. The number of sulfone groups is 1. The topological polar surface area (TPSA) is 78.0 Å². The van der Waals surface area contributed by atoms with Crippen LogP contribution in [0.3, 0.4) is 0 Å². The van der Waals surface area contributed by atoms with Crippen LogP contribution in [-0.2, 0) is 22.1 Å². The van der Waals surface area contributed by atoms with Gasteiger partial charge in [0.25, 0.3) is 0 Å². The van der Waals surface area contributed by atoms with Crippen LogP contribution in [0.5, 0.6) is 0 Å². The molecule has 0 saturated carbocycles. The summed E-state index contributed by atoms with van der Waals surface area (Å²) in [7, 11) is -3.12. The van der Waals surface area contributed by atoms with E-state index in [0.717, 1.165) is 0 Å². The molecule has 86 valence electrons. The minimum absolute atomic E-state index is 0.0374. The summed E-state index contributed by atoms with van der Waals surface area (Å²) in [6.07, 6.45) is 1.49. The molecular weight excluding hydrogens is 214 g/mol. The van der Waals surface area contributed by atoms with Crippen molar-refractivity contribution in [1.29, 1.82) is 0 Å². The number of aromatic nitrogens is 2. The van der Waals surface area contributed by atoms with Crippen LogP contribution in [0.15, 0.2) is 6.20 Å². The van der Waals surface area contributed by atoms with E-state index in [1.807, 2.05) is 6.92 Å². The van der Waals surface area contributed by atoms with Gasteiger partial charge in [0, 0.05) is 6.54 Å². The molecule has 2 N–H and O–H groups in total. The number of nitrogen functional groups attached to an aromatic ring is 1. The lowest BCUT2D eigenvalue weighted by atomic mass is 10.4. The average molecular weight is 231 g/mol. The third kappa shape index (κ3) is 2.50. The van der Waals surface area contributed by atoms with E-state index in [0.29, 0.717) is 17.9 Å². The van der Waals surface area contributed by atoms with Gasteiger partial charge in [-0.2, -0.15) is 5.10 Å². The summed E-state index contributed by atoms with van der Waals surface area (Å²) in [5, 5.41) is 3.61. The number of anilines is 1. The minimum atomic E-state index is -3.12. The molecule has 0 aromatic carbocycles. The first-order valence-electron chi connectivity index (χ1n) is 4.90. The number of nitrogens with zero attached hydrogens (tertiary/aromatic N) is 2. The van der Waals surface area contributed by atoms with Crippen molar-refractivity contribution in [3.8, 4) is 0 Å². The molecule has 1 heterocycles. The van der Waals surface area contributed by atoms with Crippen molar-refractivity contribution >= 4 is 15.5 Å². The maximum Gasteiger partial charge on any atom is 0.158 e. The number of rotatable bonds is 4. The van der Waals surface area contributed by atoms with Crippen LogP contribution in [-0.4, -0.2) is 23.4 Å². The molecule has 1 rings (SSSR count). The fourth-order valence-electron chi connectivity index (χ4n) is 1.21. The van der Waals surface area contributed by atoms with E-state index in [4.69, 9.17) is 5.73 Å². The monoisotopic (exact) mass is 231 g/mol. The Morgan fingerprint density at radius 3 is 2.60 bits per heavy atom. The van der Waals surface area contributed by atoms with E-state index in [1.54, 1.807) is 18.5 Å². The van der Waals surface area contributed by atoms with Gasteiger partial charge in [0.15, 0.2) is 9.84 Å². The summed E-state index contributed by atoms with van der Waals surface area (Å²) < 4.78 is 25.1. The fourth-order valence-corrected chi connectivity index (χ4v) is 2.24. The first kappa shape index (κ1) is 12.0. The lowest BCUT2D eigenvalue weighted by molar-refractivity contribution is 0.578. The molecule has 0 saturated heterocycles. The van der Waals surface area contributed by atoms with Crippen LogP contribution in [0.25, 0.3) is 0 Å². The SMILES string of the molecule is CCn1ncc(N)c1CS(=O)(=O)C(C)C. The van der Waals surface area contributed by atoms with E-state index in [-0.39, 0.29) is 5.75 Å². The van der Waals surface area contributed by atoms with Crippen LogP contribution in [0.4, 0.5) is 5.69 Å². The van der Waals surface area contributed by atoms with Gasteiger partial charge in [-0.1, -0.05) is 0 Å². The van der Waals surface area contributed by atoms with E-state index < -0.39 is 15.1 Å². The predicted octanol–water partition coefficient (Wildman–Crippen LogP) is 0.808. The summed E-state index contributed by atoms with van der Waals surface area (Å²) in [4.78, 5) is 0. The molecular formula is C9H17N3O2S. The molecule has 0 aliphatic rings. The Kier molecular flexibility index (Phi) is 3.38. The van der Waals surface area contributed by atoms with Crippen molar-refractivity contribution < 1.29 is 8.42 Å². The average Bonchev–Trinajstić information content (AvgIpc) is 2.47. The van der Waals surface area contributed by atoms with Crippen LogP contribution >= 0.6 is 0 Å². The van der Waals surface area contributed by atoms with Crippen molar-refractivity contribution in [3.63, 3.8) is 0 Å². The van der Waals surface area contributed by atoms with E-state index in [2.05, 4.69) is 5.10 Å². The van der Waals surface area contributed by atoms with Gasteiger partial charge >= 0.3 is 0 Å². The molecule has 15 heavy (non-hydrogen) atoms. The summed E-state index contributed by atoms with van der Waals surface area (Å²) in [6.45, 7) is 5.86. The minimum Gasteiger partial charge on any atom is -0.396 e. The third-order valence-electron chi connectivity index (χ3n) is 2.34. The van der Waals surface area contributed by atoms with Crippen molar-refractivity contribution in [2.45, 2.75) is 38.3 Å². The lowest BCUT2D eigenvalue weighted by Gasteiger charge is -2.09. The van der Waals surface area contributed by atoms with Crippen LogP contribution < -0.4 is 5.73 Å². The smallest absolute Gasteiger partial charge is 0.158 e. The summed E-state index contributed by atoms with van der Waals surface area (Å²) >= 11 is 0. The zero-order chi connectivity index (χ0) is 11.6. The fraction of sp³-hybridized carbons (Fsp3) is 0.667. The molecule has 0 spiro atoms. The second-order valence-electron chi connectivity index (χ2n) is 3.72. The van der Waals surface area contributed by atoms with Gasteiger partial charge in [-0.05, 0) is 20.8 Å². The molecule has 6 heteroatoms. The molecule has 0 radical (unpaired) electrons. The Hall–Kier alpha value is -1.04. The van der Waals surface area contributed by atoms with Crippen LogP contribution in [0, 0.1) is 0 Å². The highest BCUT2D eigenvalue weighted by Crippen LogP contribution is 2.16. The Bertz CT molecular complexity index is 434. The van der Waals surface area contributed by atoms with Gasteiger partial charge in [-0.15, -0.1) is 0 Å². The number of hydrogen-bond donors (Lipinski definition) is 1. The van der Waals surface area contributed by atoms with E-state index in [1.165, 1.54) is 6.20 Å². The molecule has 0 unspecified atom stereocenters. The molecule has 0 aliphatic heterocycles. The standard InChI is InChI=1S/C9H17N3O2S/c1-4-12-9(8(10)5-11-12)6-15(13,14)7(2)3/h5,7H,4,6,10H2,1-3H3. The van der Waals surface area contributed by atoms with Crippen molar-refractivity contribution in [2.75, 3.05) is 5.73 Å². The predicted molar refractivity (Wildman–Crippen MR) is 60.1 cm³/mol. The first-order chi connectivity index (χ1) is 6.88. The van der Waals surface area contributed by atoms with Crippen molar-refractivity contribution in [2.24, 2.45) is 0 Å². The quantitative estimate of drug-likeness (QED) is 0.831. The maximum absolute atomic E-state index is 11.7. The van der Waals surface area contributed by atoms with Gasteiger partial charge in [0.2, 0.25) is 0 Å². The number of nitrogens with two attached hydrogens (primary N) is 1. The number of hydrogen-bond acceptors (Lipinski definition) is 4. The normalized spacial score (nSPS) is 12.3. The zero-order valence-electron chi connectivity index (χ0n) is 9.27. The molecule has 0 fully saturated rings. The van der Waals surface area contributed by atoms with Gasteiger partial charge in [-0.3, -0.25) is 4.68 Å². The molecule has 0 aliphatic carbocycles. The van der Waals surface area contributed by atoms with Gasteiger partial charge in [0.05, 0.1) is 28.6 Å². The molecule has 0 atom stereocenters. The lowest BCUT2D eigenvalue weighted by Crippen LogP contribution is -2.19. The van der Waals surface area contributed by atoms with Gasteiger partial charge in [0.1, 0.15) is 0 Å². The highest BCUT2D eigenvalue weighted by molar-refractivity contribution is 7.91. The molecule has 1 aromatic heterocycles. The maximum atomic E-state index is 11.7. The van der Waals surface area contributed by atoms with E-state index >= 15 is 0 Å². The highest BCUT2D eigenvalue weighted by atomic mass is 32.2. The first-order valence-corrected chi connectivity index (χ1v) is 6.61. The third-order valence-corrected chi connectivity index (χ3v) is 4.45. The summed E-state index contributed by atoms with van der Waals surface area (Å²) in [5.74, 6) is -0.0374. The summed E-state index contributed by atoms with van der Waals surface area (Å²) in [5.41, 5.74) is 6.71. The molecule has 0 amide bonds. The Balaban J connectivity index is 3.04. The van der Waals surface area contributed by atoms with E-state index in [9.17, 15) is 8.42 Å². The second-order valence-corrected chi connectivity index (χ2v) is 6.28. The number of aryl methyl sites for hydroxylation is 1. The van der Waals surface area contributed by atoms with Crippen molar-refractivity contribution in [1.82, 2.24) is 9.78 Å². The molecule has 5 nitrogen and oxygen atoms in total. The van der Waals surface area contributed by atoms with Gasteiger partial charge < -0.3 is 5.73 Å². The summed E-state index contributed by atoms with van der Waals surface area (Å²) in [6, 6.07) is 0. The Morgan fingerprint density at radius 1 is 1.53 bits per heavy atom. The highest BCUT2D eigenvalue weighted by Gasteiger charge is 2.20. The van der Waals surface area contributed by atoms with Gasteiger partial charge in [-0.25, -0.2) is 8.42 Å². The Labute approximate surface area is 90.2 Å². The van der Waals surface area contributed by atoms with Crippen LogP contribution in [0.1, 0.15) is 26.5 Å². The largest absolute Gasteiger partial charge is 0.396 e. The molecule has 1 aromatic rings. The zero-order valence-corrected chi connectivity index (χ0v) is 10.1. The van der Waals surface area contributed by atoms with Crippen LogP contribution in [0.2, 0.25) is 0 Å². The Morgan fingerprint density at radius 2 is 2.13 bits per heavy atom. The van der Waals surface area contributed by atoms with Crippen molar-refractivity contribution in [3.05, 3.63) is 11.9 Å².